The van der Waals surface area contributed by atoms with Crippen LogP contribution in [0.3, 0.4) is 0 Å². The SMILES string of the molecule is CC1=C(c2ccccc2)CN(C(=O)OC(C)(C)C)C1. The zero-order chi connectivity index (χ0) is 14.0. The molecule has 1 aromatic carbocycles. The standard InChI is InChI=1S/C16H21NO2/c1-12-10-17(15(18)19-16(2,3)4)11-14(12)13-8-6-5-7-9-13/h5-9H,10-11H2,1-4H3. The number of hydrogen-bond donors (Lipinski definition) is 0. The van der Waals surface area contributed by atoms with Crippen LogP contribution in [-0.2, 0) is 4.74 Å². The van der Waals surface area contributed by atoms with Crippen molar-refractivity contribution in [2.45, 2.75) is 33.3 Å². The zero-order valence-corrected chi connectivity index (χ0v) is 12.1. The number of nitrogens with zero attached hydrogens (tertiary/aromatic N) is 1. The normalized spacial score (nSPS) is 15.9. The van der Waals surface area contributed by atoms with Crippen molar-refractivity contribution < 1.29 is 9.53 Å². The van der Waals surface area contributed by atoms with Gasteiger partial charge < -0.3 is 4.74 Å². The molecule has 0 saturated heterocycles. The highest BCUT2D eigenvalue weighted by atomic mass is 16.6. The van der Waals surface area contributed by atoms with E-state index in [-0.39, 0.29) is 6.09 Å². The molecule has 2 rings (SSSR count). The molecule has 1 aromatic rings. The number of rotatable bonds is 1. The van der Waals surface area contributed by atoms with Crippen molar-refractivity contribution in [3.05, 3.63) is 41.5 Å². The van der Waals surface area contributed by atoms with Gasteiger partial charge in [-0.05, 0) is 44.4 Å². The van der Waals surface area contributed by atoms with Crippen molar-refractivity contribution in [1.82, 2.24) is 4.90 Å². The molecule has 0 aromatic heterocycles. The van der Waals surface area contributed by atoms with Gasteiger partial charge in [0.25, 0.3) is 0 Å². The number of ether oxygens (including phenoxy) is 1. The summed E-state index contributed by atoms with van der Waals surface area (Å²) in [4.78, 5) is 13.8. The molecule has 0 atom stereocenters. The summed E-state index contributed by atoms with van der Waals surface area (Å²) in [6.45, 7) is 9.02. The zero-order valence-electron chi connectivity index (χ0n) is 12.1. The van der Waals surface area contributed by atoms with Crippen molar-refractivity contribution >= 4 is 11.7 Å². The monoisotopic (exact) mass is 259 g/mol. The fourth-order valence-corrected chi connectivity index (χ4v) is 2.20. The van der Waals surface area contributed by atoms with Gasteiger partial charge in [-0.1, -0.05) is 30.3 Å². The summed E-state index contributed by atoms with van der Waals surface area (Å²) in [5, 5.41) is 0. The third kappa shape index (κ3) is 3.37. The van der Waals surface area contributed by atoms with Gasteiger partial charge in [0.05, 0.1) is 0 Å². The van der Waals surface area contributed by atoms with Gasteiger partial charge in [0, 0.05) is 13.1 Å². The largest absolute Gasteiger partial charge is 0.444 e. The summed E-state index contributed by atoms with van der Waals surface area (Å²) in [6, 6.07) is 10.2. The van der Waals surface area contributed by atoms with Crippen LogP contribution in [0.5, 0.6) is 0 Å². The maximum Gasteiger partial charge on any atom is 0.410 e. The first-order valence-corrected chi connectivity index (χ1v) is 6.59. The Hall–Kier alpha value is -1.77. The topological polar surface area (TPSA) is 29.5 Å². The summed E-state index contributed by atoms with van der Waals surface area (Å²) in [5.41, 5.74) is 3.20. The Bertz CT molecular complexity index is 497. The van der Waals surface area contributed by atoms with Gasteiger partial charge >= 0.3 is 6.09 Å². The van der Waals surface area contributed by atoms with E-state index >= 15 is 0 Å². The van der Waals surface area contributed by atoms with Crippen LogP contribution in [-0.4, -0.2) is 29.7 Å². The van der Waals surface area contributed by atoms with Gasteiger partial charge in [0.2, 0.25) is 0 Å². The van der Waals surface area contributed by atoms with Crippen molar-refractivity contribution in [3.8, 4) is 0 Å². The van der Waals surface area contributed by atoms with E-state index in [1.165, 1.54) is 16.7 Å². The van der Waals surface area contributed by atoms with Crippen LogP contribution in [0, 0.1) is 0 Å². The van der Waals surface area contributed by atoms with E-state index < -0.39 is 5.60 Å². The van der Waals surface area contributed by atoms with Crippen LogP contribution in [0.15, 0.2) is 35.9 Å². The van der Waals surface area contributed by atoms with E-state index in [1.807, 2.05) is 39.0 Å². The average Bonchev–Trinajstić information content (AvgIpc) is 2.70. The predicted octanol–water partition coefficient (Wildman–Crippen LogP) is 3.71. The molecule has 3 heteroatoms. The summed E-state index contributed by atoms with van der Waals surface area (Å²) in [6.07, 6.45) is -0.238. The molecule has 3 nitrogen and oxygen atoms in total. The maximum absolute atomic E-state index is 12.1. The molecular weight excluding hydrogens is 238 g/mol. The fourth-order valence-electron chi connectivity index (χ4n) is 2.20. The molecule has 1 aliphatic rings. The molecule has 0 N–H and O–H groups in total. The van der Waals surface area contributed by atoms with Gasteiger partial charge in [-0.3, -0.25) is 4.90 Å². The van der Waals surface area contributed by atoms with Crippen LogP contribution in [0.25, 0.3) is 5.57 Å². The van der Waals surface area contributed by atoms with Crippen LogP contribution in [0.1, 0.15) is 33.3 Å². The second-order valence-corrected chi connectivity index (χ2v) is 5.96. The summed E-state index contributed by atoms with van der Waals surface area (Å²) >= 11 is 0. The van der Waals surface area contributed by atoms with Crippen LogP contribution < -0.4 is 0 Å². The third-order valence-electron chi connectivity index (χ3n) is 3.07. The lowest BCUT2D eigenvalue weighted by molar-refractivity contribution is 0.0303. The molecule has 0 fully saturated rings. The Morgan fingerprint density at radius 2 is 1.79 bits per heavy atom. The molecular formula is C16H21NO2. The van der Waals surface area contributed by atoms with Crippen molar-refractivity contribution in [2.75, 3.05) is 13.1 Å². The van der Waals surface area contributed by atoms with Gasteiger partial charge in [-0.25, -0.2) is 4.79 Å². The fraction of sp³-hybridized carbons (Fsp3) is 0.438. The van der Waals surface area contributed by atoms with Gasteiger partial charge in [-0.2, -0.15) is 0 Å². The van der Waals surface area contributed by atoms with E-state index in [9.17, 15) is 4.79 Å². The highest BCUT2D eigenvalue weighted by Crippen LogP contribution is 2.27. The quantitative estimate of drug-likeness (QED) is 0.769. The summed E-state index contributed by atoms with van der Waals surface area (Å²) < 4.78 is 5.41. The molecule has 1 amide bonds. The molecule has 0 bridgehead atoms. The minimum Gasteiger partial charge on any atom is -0.444 e. The van der Waals surface area contributed by atoms with Gasteiger partial charge in [0.1, 0.15) is 5.60 Å². The lowest BCUT2D eigenvalue weighted by Gasteiger charge is -2.24. The molecule has 0 aliphatic carbocycles. The Labute approximate surface area is 114 Å². The lowest BCUT2D eigenvalue weighted by Crippen LogP contribution is -2.35. The van der Waals surface area contributed by atoms with E-state index in [0.717, 1.165) is 0 Å². The number of carbonyl (C=O) groups is 1. The Balaban J connectivity index is 2.08. The minimum atomic E-state index is -0.444. The highest BCUT2D eigenvalue weighted by molar-refractivity contribution is 5.79. The van der Waals surface area contributed by atoms with E-state index in [0.29, 0.717) is 13.1 Å². The number of hydrogen-bond acceptors (Lipinski definition) is 2. The highest BCUT2D eigenvalue weighted by Gasteiger charge is 2.28. The molecule has 19 heavy (non-hydrogen) atoms. The second kappa shape index (κ2) is 5.08. The molecule has 0 saturated carbocycles. The number of amides is 1. The minimum absolute atomic E-state index is 0.238. The second-order valence-electron chi connectivity index (χ2n) is 5.96. The molecule has 102 valence electrons. The maximum atomic E-state index is 12.1. The van der Waals surface area contributed by atoms with Crippen molar-refractivity contribution in [1.29, 1.82) is 0 Å². The lowest BCUT2D eigenvalue weighted by atomic mass is 10.0. The Morgan fingerprint density at radius 3 is 2.37 bits per heavy atom. The summed E-state index contributed by atoms with van der Waals surface area (Å²) in [5.74, 6) is 0. The first-order chi connectivity index (χ1) is 8.87. The number of benzene rings is 1. The van der Waals surface area contributed by atoms with Gasteiger partial charge in [-0.15, -0.1) is 0 Å². The Kier molecular flexibility index (Phi) is 3.65. The number of carbonyl (C=O) groups excluding carboxylic acids is 1. The van der Waals surface area contributed by atoms with E-state index in [2.05, 4.69) is 19.1 Å². The third-order valence-corrected chi connectivity index (χ3v) is 3.07. The van der Waals surface area contributed by atoms with Crippen molar-refractivity contribution in [3.63, 3.8) is 0 Å². The molecule has 0 spiro atoms. The molecule has 0 radical (unpaired) electrons. The van der Waals surface area contributed by atoms with E-state index in [4.69, 9.17) is 4.74 Å². The van der Waals surface area contributed by atoms with Gasteiger partial charge in [0.15, 0.2) is 0 Å². The Morgan fingerprint density at radius 1 is 1.16 bits per heavy atom. The van der Waals surface area contributed by atoms with Crippen LogP contribution in [0.2, 0.25) is 0 Å². The molecule has 1 aliphatic heterocycles. The van der Waals surface area contributed by atoms with E-state index in [1.54, 1.807) is 4.90 Å². The first kappa shape index (κ1) is 13.7. The van der Waals surface area contributed by atoms with Crippen molar-refractivity contribution in [2.24, 2.45) is 0 Å². The first-order valence-electron chi connectivity index (χ1n) is 6.59. The summed E-state index contributed by atoms with van der Waals surface area (Å²) in [7, 11) is 0. The molecule has 0 unspecified atom stereocenters. The molecule has 1 heterocycles. The average molecular weight is 259 g/mol. The predicted molar refractivity (Wildman–Crippen MR) is 76.8 cm³/mol. The van der Waals surface area contributed by atoms with Crippen LogP contribution >= 0.6 is 0 Å². The smallest absolute Gasteiger partial charge is 0.410 e. The van der Waals surface area contributed by atoms with Crippen LogP contribution in [0.4, 0.5) is 4.79 Å².